The van der Waals surface area contributed by atoms with Crippen LogP contribution in [0.5, 0.6) is 0 Å². The molecule has 1 aliphatic rings. The van der Waals surface area contributed by atoms with Crippen molar-refractivity contribution >= 4 is 17.2 Å². The fraction of sp³-hybridized carbons (Fsp3) is 0.611. The predicted octanol–water partition coefficient (Wildman–Crippen LogP) is 1.66. The lowest BCUT2D eigenvalue weighted by Crippen LogP contribution is -2.54. The van der Waals surface area contributed by atoms with Crippen molar-refractivity contribution in [2.75, 3.05) is 13.1 Å². The summed E-state index contributed by atoms with van der Waals surface area (Å²) in [4.78, 5) is 19.9. The van der Waals surface area contributed by atoms with Gasteiger partial charge in [-0.2, -0.15) is 0 Å². The van der Waals surface area contributed by atoms with E-state index >= 15 is 0 Å². The molecule has 1 aliphatic heterocycles. The van der Waals surface area contributed by atoms with E-state index < -0.39 is 6.10 Å². The number of hydrogen-bond acceptors (Lipinski definition) is 7. The molecular formula is C18H26N4O3S. The van der Waals surface area contributed by atoms with Gasteiger partial charge in [-0.25, -0.2) is 4.98 Å². The number of amides is 1. The minimum Gasteiger partial charge on any atom is -0.390 e. The zero-order chi connectivity index (χ0) is 18.8. The van der Waals surface area contributed by atoms with E-state index in [-0.39, 0.29) is 11.9 Å². The van der Waals surface area contributed by atoms with E-state index in [0.29, 0.717) is 19.5 Å². The maximum atomic E-state index is 12.3. The minimum absolute atomic E-state index is 0.0556. The number of rotatable bonds is 5. The lowest BCUT2D eigenvalue weighted by atomic mass is 10.0. The number of aryl methyl sites for hydroxylation is 4. The van der Waals surface area contributed by atoms with Crippen LogP contribution in [0, 0.1) is 27.7 Å². The van der Waals surface area contributed by atoms with E-state index in [1.54, 1.807) is 11.3 Å². The molecule has 3 heterocycles. The van der Waals surface area contributed by atoms with Gasteiger partial charge < -0.3 is 14.9 Å². The quantitative estimate of drug-likeness (QED) is 0.822. The number of thiazole rings is 1. The summed E-state index contributed by atoms with van der Waals surface area (Å²) in [6.45, 7) is 9.74. The van der Waals surface area contributed by atoms with Gasteiger partial charge in [0.1, 0.15) is 5.76 Å². The van der Waals surface area contributed by atoms with Gasteiger partial charge in [0.2, 0.25) is 5.91 Å². The number of piperidine rings is 1. The summed E-state index contributed by atoms with van der Waals surface area (Å²) in [5.41, 5.74) is 2.89. The van der Waals surface area contributed by atoms with Gasteiger partial charge in [-0.05, 0) is 34.1 Å². The van der Waals surface area contributed by atoms with Gasteiger partial charge in [-0.1, -0.05) is 5.16 Å². The number of hydrogen-bond donors (Lipinski definition) is 2. The molecule has 7 nitrogen and oxygen atoms in total. The second kappa shape index (κ2) is 7.85. The number of nitrogens with one attached hydrogen (secondary N) is 1. The summed E-state index contributed by atoms with van der Waals surface area (Å²) >= 11 is 1.55. The molecule has 2 atom stereocenters. The Kier molecular flexibility index (Phi) is 5.74. The zero-order valence-corrected chi connectivity index (χ0v) is 16.5. The molecule has 0 saturated carbocycles. The standard InChI is InChI=1S/C18H26N4O3S/c1-10-14(12(3)25-21-10)8-22-6-5-15(16(23)9-22)20-18(24)7-17-11(2)19-13(4)26-17/h15-16,23H,5-9H2,1-4H3,(H,20,24)/t15-,16-/m1/s1. The van der Waals surface area contributed by atoms with E-state index in [0.717, 1.165) is 45.6 Å². The van der Waals surface area contributed by atoms with Crippen molar-refractivity contribution < 1.29 is 14.4 Å². The maximum Gasteiger partial charge on any atom is 0.225 e. The van der Waals surface area contributed by atoms with Crippen LogP contribution < -0.4 is 5.32 Å². The first kappa shape index (κ1) is 19.0. The van der Waals surface area contributed by atoms with Gasteiger partial charge >= 0.3 is 0 Å². The number of carbonyl (C=O) groups is 1. The molecule has 1 saturated heterocycles. The number of aliphatic hydroxyl groups is 1. The fourth-order valence-corrected chi connectivity index (χ4v) is 4.34. The van der Waals surface area contributed by atoms with Crippen molar-refractivity contribution in [2.24, 2.45) is 0 Å². The van der Waals surface area contributed by atoms with Crippen LogP contribution in [0.2, 0.25) is 0 Å². The molecule has 3 rings (SSSR count). The number of likely N-dealkylation sites (tertiary alicyclic amines) is 1. The highest BCUT2D eigenvalue weighted by Gasteiger charge is 2.30. The van der Waals surface area contributed by atoms with Gasteiger partial charge in [0.15, 0.2) is 0 Å². The first-order chi connectivity index (χ1) is 12.3. The lowest BCUT2D eigenvalue weighted by molar-refractivity contribution is -0.122. The average Bonchev–Trinajstić information content (AvgIpc) is 3.05. The van der Waals surface area contributed by atoms with Crippen LogP contribution in [0.4, 0.5) is 0 Å². The van der Waals surface area contributed by atoms with Crippen molar-refractivity contribution in [3.05, 3.63) is 32.6 Å². The molecule has 1 fully saturated rings. The first-order valence-corrected chi connectivity index (χ1v) is 9.69. The van der Waals surface area contributed by atoms with E-state index in [4.69, 9.17) is 4.52 Å². The minimum atomic E-state index is -0.586. The molecular weight excluding hydrogens is 352 g/mol. The van der Waals surface area contributed by atoms with Crippen molar-refractivity contribution in [3.63, 3.8) is 0 Å². The average molecular weight is 378 g/mol. The Morgan fingerprint density at radius 3 is 2.69 bits per heavy atom. The van der Waals surface area contributed by atoms with Gasteiger partial charge in [0, 0.05) is 30.1 Å². The Bertz CT molecular complexity index is 766. The Morgan fingerprint density at radius 1 is 1.35 bits per heavy atom. The van der Waals surface area contributed by atoms with Crippen LogP contribution in [-0.4, -0.2) is 51.3 Å². The Morgan fingerprint density at radius 2 is 2.12 bits per heavy atom. The summed E-state index contributed by atoms with van der Waals surface area (Å²) in [6, 6.07) is -0.210. The summed E-state index contributed by atoms with van der Waals surface area (Å²) in [5.74, 6) is 0.766. The van der Waals surface area contributed by atoms with Crippen molar-refractivity contribution in [1.82, 2.24) is 20.4 Å². The SMILES string of the molecule is Cc1nc(C)c(CC(=O)N[C@@H]2CCN(Cc3c(C)noc3C)C[C@H]2O)s1. The highest BCUT2D eigenvalue weighted by atomic mass is 32.1. The molecule has 0 aromatic carbocycles. The topological polar surface area (TPSA) is 91.5 Å². The Hall–Kier alpha value is -1.77. The van der Waals surface area contributed by atoms with Crippen molar-refractivity contribution in [2.45, 2.75) is 59.2 Å². The molecule has 0 spiro atoms. The molecule has 0 bridgehead atoms. The summed E-state index contributed by atoms with van der Waals surface area (Å²) in [7, 11) is 0. The highest BCUT2D eigenvalue weighted by molar-refractivity contribution is 7.11. The van der Waals surface area contributed by atoms with Crippen molar-refractivity contribution in [3.8, 4) is 0 Å². The van der Waals surface area contributed by atoms with E-state index in [2.05, 4.69) is 20.4 Å². The Balaban J connectivity index is 1.52. The van der Waals surface area contributed by atoms with Crippen LogP contribution in [0.1, 0.15) is 39.0 Å². The number of β-amino-alcohol motifs (C(OH)–C–C–N with tert-alkyl or cyclic N) is 1. The third-order valence-corrected chi connectivity index (χ3v) is 5.97. The molecule has 0 unspecified atom stereocenters. The lowest BCUT2D eigenvalue weighted by Gasteiger charge is -2.36. The summed E-state index contributed by atoms with van der Waals surface area (Å²) in [5, 5.41) is 18.4. The summed E-state index contributed by atoms with van der Waals surface area (Å²) in [6.07, 6.45) is 0.456. The zero-order valence-electron chi connectivity index (χ0n) is 15.7. The molecule has 2 aromatic rings. The Labute approximate surface area is 157 Å². The highest BCUT2D eigenvalue weighted by Crippen LogP contribution is 2.20. The predicted molar refractivity (Wildman–Crippen MR) is 99.1 cm³/mol. The monoisotopic (exact) mass is 378 g/mol. The van der Waals surface area contributed by atoms with Gasteiger partial charge in [0.25, 0.3) is 0 Å². The molecule has 2 N–H and O–H groups in total. The third kappa shape index (κ3) is 4.31. The molecule has 8 heteroatoms. The first-order valence-electron chi connectivity index (χ1n) is 8.88. The normalized spacial score (nSPS) is 21.1. The van der Waals surface area contributed by atoms with Crippen LogP contribution >= 0.6 is 11.3 Å². The van der Waals surface area contributed by atoms with E-state index in [1.165, 1.54) is 0 Å². The van der Waals surface area contributed by atoms with Crippen LogP contribution in [-0.2, 0) is 17.8 Å². The van der Waals surface area contributed by atoms with Crippen molar-refractivity contribution in [1.29, 1.82) is 0 Å². The van der Waals surface area contributed by atoms with Crippen LogP contribution in [0.3, 0.4) is 0 Å². The van der Waals surface area contributed by atoms with E-state index in [9.17, 15) is 9.90 Å². The molecule has 26 heavy (non-hydrogen) atoms. The summed E-state index contributed by atoms with van der Waals surface area (Å²) < 4.78 is 5.21. The van der Waals surface area contributed by atoms with E-state index in [1.807, 2.05) is 27.7 Å². The molecule has 142 valence electrons. The second-order valence-corrected chi connectivity index (χ2v) is 8.27. The van der Waals surface area contributed by atoms with Crippen LogP contribution in [0.25, 0.3) is 0 Å². The number of nitrogens with zero attached hydrogens (tertiary/aromatic N) is 3. The van der Waals surface area contributed by atoms with Gasteiger partial charge in [-0.3, -0.25) is 9.69 Å². The number of aromatic nitrogens is 2. The third-order valence-electron chi connectivity index (χ3n) is 4.90. The fourth-order valence-electron chi connectivity index (χ4n) is 3.40. The molecule has 0 radical (unpaired) electrons. The molecule has 0 aliphatic carbocycles. The number of aliphatic hydroxyl groups excluding tert-OH is 1. The molecule has 2 aromatic heterocycles. The van der Waals surface area contributed by atoms with Gasteiger partial charge in [-0.15, -0.1) is 11.3 Å². The second-order valence-electron chi connectivity index (χ2n) is 6.99. The number of carbonyl (C=O) groups excluding carboxylic acids is 1. The molecule has 1 amide bonds. The maximum absolute atomic E-state index is 12.3. The largest absolute Gasteiger partial charge is 0.390 e. The van der Waals surface area contributed by atoms with Gasteiger partial charge in [0.05, 0.1) is 35.0 Å². The smallest absolute Gasteiger partial charge is 0.225 e. The van der Waals surface area contributed by atoms with Crippen LogP contribution in [0.15, 0.2) is 4.52 Å².